The predicted octanol–water partition coefficient (Wildman–Crippen LogP) is 2.27. The second kappa shape index (κ2) is 9.51. The molecule has 1 fully saturated rings. The van der Waals surface area contributed by atoms with E-state index in [9.17, 15) is 13.2 Å². The third-order valence-corrected chi connectivity index (χ3v) is 7.86. The summed E-state index contributed by atoms with van der Waals surface area (Å²) in [5, 5.41) is 21.2. The Kier molecular flexibility index (Phi) is 6.39. The van der Waals surface area contributed by atoms with E-state index in [2.05, 4.69) is 15.0 Å². The number of ether oxygens (including phenoxy) is 2. The molecule has 1 aromatic heterocycles. The van der Waals surface area contributed by atoms with Crippen molar-refractivity contribution in [2.24, 2.45) is 0 Å². The number of nitrogens with zero attached hydrogens (tertiary/aromatic N) is 1. The summed E-state index contributed by atoms with van der Waals surface area (Å²) in [5.41, 5.74) is 1.45. The lowest BCUT2D eigenvalue weighted by Gasteiger charge is -2.16. The van der Waals surface area contributed by atoms with E-state index in [-0.39, 0.29) is 20.4 Å². The van der Waals surface area contributed by atoms with Crippen molar-refractivity contribution >= 4 is 21.7 Å². The molecule has 0 atom stereocenters. The first-order chi connectivity index (χ1) is 17.3. The maximum Gasteiger partial charge on any atom is 0.240 e. The normalized spacial score (nSPS) is 15.6. The number of hydrogen-bond acceptors (Lipinski definition) is 8. The zero-order valence-corrected chi connectivity index (χ0v) is 20.0. The molecular weight excluding hydrogens is 486 g/mol. The van der Waals surface area contributed by atoms with Gasteiger partial charge in [0, 0.05) is 8.42 Å². The molecule has 2 aromatic carbocycles. The zero-order valence-electron chi connectivity index (χ0n) is 19.2. The number of hydrogen-bond donors (Lipinski definition) is 4. The summed E-state index contributed by atoms with van der Waals surface area (Å²) in [6.45, 7) is -0.873. The Bertz CT molecular complexity index is 1400. The van der Waals surface area contributed by atoms with Gasteiger partial charge in [-0.2, -0.15) is 0 Å². The van der Waals surface area contributed by atoms with Crippen molar-refractivity contribution in [3.8, 4) is 22.8 Å². The molecule has 1 amide bonds. The molecule has 3 aromatic rings. The molecule has 10 nitrogen and oxygen atoms in total. The molecule has 0 radical (unpaired) electrons. The number of nitrogens with one attached hydrogen (secondary N) is 2. The van der Waals surface area contributed by atoms with Gasteiger partial charge in [0.05, 0.1) is 35.3 Å². The Morgan fingerprint density at radius 3 is 2.44 bits per heavy atom. The van der Waals surface area contributed by atoms with E-state index in [1.54, 1.807) is 30.3 Å². The van der Waals surface area contributed by atoms with Crippen molar-refractivity contribution in [2.45, 2.75) is 29.2 Å². The molecular formula is C25H29N3O7S. The van der Waals surface area contributed by atoms with Gasteiger partial charge in [-0.25, -0.2) is 18.1 Å². The third kappa shape index (κ3) is 4.65. The summed E-state index contributed by atoms with van der Waals surface area (Å²) in [5.74, 6) is 1.54. The molecule has 1 aliphatic carbocycles. The second-order valence-corrected chi connectivity index (χ2v) is 10.4. The molecule has 0 spiro atoms. The lowest BCUT2D eigenvalue weighted by Crippen LogP contribution is -2.39. The lowest BCUT2D eigenvalue weighted by molar-refractivity contribution is -0.118. The molecule has 0 saturated heterocycles. The Labute approximate surface area is 210 Å². The van der Waals surface area contributed by atoms with Crippen LogP contribution in [0.25, 0.3) is 11.3 Å². The molecule has 5 rings (SSSR count). The number of aromatic nitrogens is 1. The van der Waals surface area contributed by atoms with Crippen LogP contribution >= 0.6 is 0 Å². The van der Waals surface area contributed by atoms with Crippen LogP contribution in [0.5, 0.6) is 11.5 Å². The van der Waals surface area contributed by atoms with Crippen LogP contribution in [0.3, 0.4) is 0 Å². The van der Waals surface area contributed by atoms with Gasteiger partial charge in [-0.15, -0.1) is 0 Å². The highest BCUT2D eigenvalue weighted by molar-refractivity contribution is 7.89. The number of aliphatic hydroxyl groups is 2. The summed E-state index contributed by atoms with van der Waals surface area (Å²) in [6.07, 6.45) is 1.44. The molecule has 4 N–H and O–H groups in total. The van der Waals surface area contributed by atoms with E-state index < -0.39 is 34.7 Å². The summed E-state index contributed by atoms with van der Waals surface area (Å²) in [4.78, 5) is 17.7. The molecule has 1 aliphatic heterocycles. The van der Waals surface area contributed by atoms with Crippen molar-refractivity contribution in [1.29, 1.82) is 0 Å². The first-order valence-electron chi connectivity index (χ1n) is 11.4. The lowest BCUT2D eigenvalue weighted by atomic mass is 9.94. The minimum absolute atomic E-state index is 0. The number of carbonyl (C=O) groups is 1. The SMILES string of the molecule is O=C(Nc1cccc(-c2ccc(S(=O)(=O)NC(CO)CO)cc2)n1)C1(c2ccc3c(c2)OCO3)CC1.[HH].[HH]. The van der Waals surface area contributed by atoms with Crippen molar-refractivity contribution in [1.82, 2.24) is 9.71 Å². The van der Waals surface area contributed by atoms with E-state index >= 15 is 0 Å². The van der Waals surface area contributed by atoms with Gasteiger partial charge >= 0.3 is 0 Å². The van der Waals surface area contributed by atoms with Gasteiger partial charge in [-0.05, 0) is 54.8 Å². The summed E-state index contributed by atoms with van der Waals surface area (Å²) < 4.78 is 38.0. The Morgan fingerprint density at radius 1 is 1.03 bits per heavy atom. The molecule has 11 heteroatoms. The fourth-order valence-corrected chi connectivity index (χ4v) is 5.31. The molecule has 1 saturated carbocycles. The van der Waals surface area contributed by atoms with E-state index in [1.165, 1.54) is 12.1 Å². The smallest absolute Gasteiger partial charge is 0.240 e. The number of benzene rings is 2. The molecule has 192 valence electrons. The van der Waals surface area contributed by atoms with Crippen LogP contribution in [-0.4, -0.2) is 55.6 Å². The Balaban J connectivity index is 0.00000200. The third-order valence-electron chi connectivity index (χ3n) is 6.32. The Hall–Kier alpha value is -3.51. The fourth-order valence-electron chi connectivity index (χ4n) is 4.09. The Morgan fingerprint density at radius 2 is 1.75 bits per heavy atom. The van der Waals surface area contributed by atoms with Gasteiger partial charge in [0.1, 0.15) is 5.82 Å². The van der Waals surface area contributed by atoms with E-state index in [1.807, 2.05) is 18.2 Å². The van der Waals surface area contributed by atoms with Crippen molar-refractivity contribution in [3.63, 3.8) is 0 Å². The van der Waals surface area contributed by atoms with Gasteiger partial charge in [0.25, 0.3) is 0 Å². The van der Waals surface area contributed by atoms with E-state index in [0.717, 1.165) is 18.4 Å². The number of anilines is 1. The summed E-state index contributed by atoms with van der Waals surface area (Å²) >= 11 is 0. The molecule has 36 heavy (non-hydrogen) atoms. The second-order valence-electron chi connectivity index (χ2n) is 8.72. The van der Waals surface area contributed by atoms with Gasteiger partial charge in [-0.3, -0.25) is 4.79 Å². The standard InChI is InChI=1S/C25H25N3O7S.2H2/c29-13-18(14-30)28-36(32,33)19-7-4-16(5-8-19)20-2-1-3-23(26-20)27-24(31)25(10-11-25)17-6-9-21-22(12-17)35-15-34-21;;/h1-9,12,18,28-30H,10-11,13-15H2,(H,26,27,31);2*1H. The van der Waals surface area contributed by atoms with Crippen molar-refractivity contribution < 1.29 is 35.8 Å². The number of amides is 1. The number of sulfonamides is 1. The minimum atomic E-state index is -3.91. The topological polar surface area (TPSA) is 147 Å². The molecule has 2 aliphatic rings. The largest absolute Gasteiger partial charge is 0.454 e. The highest BCUT2D eigenvalue weighted by Gasteiger charge is 2.51. The van der Waals surface area contributed by atoms with Crippen molar-refractivity contribution in [2.75, 3.05) is 25.3 Å². The monoisotopic (exact) mass is 515 g/mol. The number of aliphatic hydroxyl groups excluding tert-OH is 2. The van der Waals surface area contributed by atoms with E-state index in [4.69, 9.17) is 19.7 Å². The van der Waals surface area contributed by atoms with Crippen LogP contribution in [-0.2, 0) is 20.2 Å². The summed E-state index contributed by atoms with van der Waals surface area (Å²) in [7, 11) is -3.91. The predicted molar refractivity (Wildman–Crippen MR) is 134 cm³/mol. The van der Waals surface area contributed by atoms with Crippen LogP contribution in [0.15, 0.2) is 65.6 Å². The van der Waals surface area contributed by atoms with E-state index in [0.29, 0.717) is 28.6 Å². The van der Waals surface area contributed by atoms with Crippen LogP contribution in [0, 0.1) is 0 Å². The van der Waals surface area contributed by atoms with Crippen LogP contribution in [0.1, 0.15) is 21.3 Å². The first-order valence-corrected chi connectivity index (χ1v) is 12.9. The fraction of sp³-hybridized carbons (Fsp3) is 0.280. The maximum absolute atomic E-state index is 13.2. The molecule has 0 unspecified atom stereocenters. The average Bonchev–Trinajstić information content (AvgIpc) is 3.58. The highest BCUT2D eigenvalue weighted by atomic mass is 32.2. The molecule has 0 bridgehead atoms. The summed E-state index contributed by atoms with van der Waals surface area (Å²) in [6, 6.07) is 15.8. The maximum atomic E-state index is 13.2. The van der Waals surface area contributed by atoms with Crippen molar-refractivity contribution in [3.05, 3.63) is 66.2 Å². The van der Waals surface area contributed by atoms with Crippen LogP contribution < -0.4 is 19.5 Å². The van der Waals surface area contributed by atoms with Gasteiger partial charge < -0.3 is 25.0 Å². The average molecular weight is 516 g/mol. The zero-order chi connectivity index (χ0) is 25.3. The van der Waals surface area contributed by atoms with Gasteiger partial charge in [-0.1, -0.05) is 24.3 Å². The minimum Gasteiger partial charge on any atom is -0.454 e. The van der Waals surface area contributed by atoms with Gasteiger partial charge in [0.15, 0.2) is 11.5 Å². The first kappa shape index (κ1) is 24.2. The quantitative estimate of drug-likeness (QED) is 0.339. The number of pyridine rings is 1. The number of rotatable bonds is 9. The number of carbonyl (C=O) groups excluding carboxylic acids is 1. The highest BCUT2D eigenvalue weighted by Crippen LogP contribution is 2.51. The molecule has 2 heterocycles. The van der Waals surface area contributed by atoms with Crippen LogP contribution in [0.4, 0.5) is 5.82 Å². The van der Waals surface area contributed by atoms with Crippen LogP contribution in [0.2, 0.25) is 0 Å². The van der Waals surface area contributed by atoms with Gasteiger partial charge in [0.2, 0.25) is 22.7 Å². The number of fused-ring (bicyclic) bond motifs is 1.